The van der Waals surface area contributed by atoms with Crippen LogP contribution in [0.4, 0.5) is 0 Å². The van der Waals surface area contributed by atoms with Crippen LogP contribution in [-0.2, 0) is 21.2 Å². The van der Waals surface area contributed by atoms with Crippen molar-refractivity contribution in [2.24, 2.45) is 5.92 Å². The maximum atomic E-state index is 13.3. The Morgan fingerprint density at radius 2 is 1.77 bits per heavy atom. The van der Waals surface area contributed by atoms with Crippen molar-refractivity contribution in [3.8, 4) is 16.8 Å². The molecule has 4 aromatic rings. The van der Waals surface area contributed by atoms with E-state index in [1.165, 1.54) is 23.3 Å². The molecule has 1 N–H and O–H groups in total. The number of hydrogen-bond acceptors (Lipinski definition) is 7. The number of rotatable bonds is 6. The number of aliphatic hydroxyl groups is 1. The van der Waals surface area contributed by atoms with Gasteiger partial charge in [0, 0.05) is 30.8 Å². The zero-order valence-electron chi connectivity index (χ0n) is 21.5. The number of sulfone groups is 1. The van der Waals surface area contributed by atoms with E-state index >= 15 is 0 Å². The van der Waals surface area contributed by atoms with Gasteiger partial charge >= 0.3 is 0 Å². The predicted octanol–water partition coefficient (Wildman–Crippen LogP) is 2.42. The first kappa shape index (κ1) is 25.4. The van der Waals surface area contributed by atoms with Gasteiger partial charge in [-0.1, -0.05) is 30.3 Å². The molecule has 6 rings (SSSR count). The molecule has 1 saturated carbocycles. The zero-order chi connectivity index (χ0) is 27.4. The summed E-state index contributed by atoms with van der Waals surface area (Å²) >= 11 is 0. The lowest BCUT2D eigenvalue weighted by molar-refractivity contribution is -0.137. The molecule has 3 heterocycles. The van der Waals surface area contributed by atoms with Gasteiger partial charge in [-0.3, -0.25) is 14.2 Å². The number of carbonyl (C=O) groups excluding carboxylic acids is 1. The first-order chi connectivity index (χ1) is 18.6. The van der Waals surface area contributed by atoms with Crippen molar-refractivity contribution < 1.29 is 18.3 Å². The summed E-state index contributed by atoms with van der Waals surface area (Å²) in [6.45, 7) is 1.07. The minimum absolute atomic E-state index is 0.0971. The normalized spacial score (nSPS) is 17.4. The number of hydrogen-bond donors (Lipinski definition) is 1. The highest BCUT2D eigenvalue weighted by Crippen LogP contribution is 2.33. The summed E-state index contributed by atoms with van der Waals surface area (Å²) in [5.41, 5.74) is 1.02. The van der Waals surface area contributed by atoms with Crippen LogP contribution in [0.5, 0.6) is 0 Å². The van der Waals surface area contributed by atoms with Crippen LogP contribution in [0.15, 0.2) is 70.7 Å². The third kappa shape index (κ3) is 4.87. The third-order valence-corrected chi connectivity index (χ3v) is 8.82. The molecule has 0 spiro atoms. The Kier molecular flexibility index (Phi) is 6.15. The van der Waals surface area contributed by atoms with E-state index in [1.807, 2.05) is 17.0 Å². The number of benzene rings is 2. The Bertz CT molecular complexity index is 1730. The summed E-state index contributed by atoms with van der Waals surface area (Å²) in [6, 6.07) is 14.1. The van der Waals surface area contributed by atoms with Crippen molar-refractivity contribution in [3.05, 3.63) is 71.4 Å². The summed E-state index contributed by atoms with van der Waals surface area (Å²) in [7, 11) is -3.40. The van der Waals surface area contributed by atoms with Crippen molar-refractivity contribution in [1.29, 1.82) is 0 Å². The third-order valence-electron chi connectivity index (χ3n) is 7.66. The first-order valence-electron chi connectivity index (χ1n) is 13.0. The Balaban J connectivity index is 1.23. The van der Waals surface area contributed by atoms with E-state index in [9.17, 15) is 23.1 Å². The molecular weight excluding hydrogens is 518 g/mol. The van der Waals surface area contributed by atoms with Crippen LogP contribution in [0.25, 0.3) is 27.8 Å². The lowest BCUT2D eigenvalue weighted by Gasteiger charge is -2.38. The molecule has 39 heavy (non-hydrogen) atoms. The lowest BCUT2D eigenvalue weighted by Crippen LogP contribution is -2.50. The SMILES string of the molecule is CS(=O)(=O)c1ccccc1-c1ccc(-n2ncc3c(=O)n(CC4(O)CCN(C(=O)C5CC5)CC4)cnc32)cc1. The average Bonchev–Trinajstić information content (AvgIpc) is 3.69. The summed E-state index contributed by atoms with van der Waals surface area (Å²) in [5.74, 6) is 0.332. The Morgan fingerprint density at radius 3 is 2.44 bits per heavy atom. The second-order valence-corrected chi connectivity index (χ2v) is 12.6. The maximum Gasteiger partial charge on any atom is 0.264 e. The van der Waals surface area contributed by atoms with Crippen LogP contribution < -0.4 is 5.56 Å². The molecule has 11 heteroatoms. The van der Waals surface area contributed by atoms with Gasteiger partial charge in [0.25, 0.3) is 5.56 Å². The minimum atomic E-state index is -3.40. The highest BCUT2D eigenvalue weighted by molar-refractivity contribution is 7.90. The largest absolute Gasteiger partial charge is 0.388 e. The molecule has 1 aliphatic carbocycles. The minimum Gasteiger partial charge on any atom is -0.388 e. The van der Waals surface area contributed by atoms with Crippen LogP contribution in [-0.4, -0.2) is 68.6 Å². The number of carbonyl (C=O) groups is 1. The summed E-state index contributed by atoms with van der Waals surface area (Å²) in [4.78, 5) is 32.2. The van der Waals surface area contributed by atoms with Crippen LogP contribution in [0.3, 0.4) is 0 Å². The Hall–Kier alpha value is -3.83. The van der Waals surface area contributed by atoms with Gasteiger partial charge in [0.2, 0.25) is 5.91 Å². The Morgan fingerprint density at radius 1 is 1.08 bits per heavy atom. The molecule has 2 aromatic carbocycles. The number of fused-ring (bicyclic) bond motifs is 1. The second kappa shape index (κ2) is 9.42. The van der Waals surface area contributed by atoms with Gasteiger partial charge in [-0.05, 0) is 49.4 Å². The van der Waals surface area contributed by atoms with Gasteiger partial charge in [0.15, 0.2) is 15.5 Å². The molecule has 0 bridgehead atoms. The summed E-state index contributed by atoms with van der Waals surface area (Å²) in [6.07, 6.45) is 6.81. The zero-order valence-corrected chi connectivity index (χ0v) is 22.3. The van der Waals surface area contributed by atoms with Crippen LogP contribution >= 0.6 is 0 Å². The molecule has 1 amide bonds. The molecule has 0 atom stereocenters. The number of aromatic nitrogens is 4. The summed E-state index contributed by atoms with van der Waals surface area (Å²) in [5, 5.41) is 15.9. The molecule has 1 saturated heterocycles. The van der Waals surface area contributed by atoms with E-state index in [2.05, 4.69) is 10.1 Å². The Labute approximate surface area is 225 Å². The number of piperidine rings is 1. The summed E-state index contributed by atoms with van der Waals surface area (Å²) < 4.78 is 27.4. The monoisotopic (exact) mass is 547 g/mol. The van der Waals surface area contributed by atoms with Crippen molar-refractivity contribution >= 4 is 26.8 Å². The van der Waals surface area contributed by atoms with Gasteiger partial charge in [-0.2, -0.15) is 5.10 Å². The average molecular weight is 548 g/mol. The molecule has 1 aliphatic heterocycles. The molecule has 0 unspecified atom stereocenters. The van der Waals surface area contributed by atoms with Gasteiger partial charge in [-0.25, -0.2) is 18.1 Å². The smallest absolute Gasteiger partial charge is 0.264 e. The highest BCUT2D eigenvalue weighted by atomic mass is 32.2. The van der Waals surface area contributed by atoms with E-state index in [1.54, 1.807) is 41.1 Å². The molecule has 10 nitrogen and oxygen atoms in total. The first-order valence-corrected chi connectivity index (χ1v) is 14.9. The molecule has 2 aromatic heterocycles. The van der Waals surface area contributed by atoms with E-state index < -0.39 is 15.4 Å². The van der Waals surface area contributed by atoms with Crippen LogP contribution in [0, 0.1) is 5.92 Å². The molecular formula is C28H29N5O5S. The highest BCUT2D eigenvalue weighted by Gasteiger charge is 2.39. The fraction of sp³-hybridized carbons (Fsp3) is 0.357. The standard InChI is InChI=1S/C28H29N5O5S/c1-39(37,38)24-5-3-2-4-22(24)19-8-10-21(11-9-19)33-25-23(16-30-33)27(35)32(18-29-25)17-28(36)12-14-31(15-13-28)26(34)20-6-7-20/h2-5,8-11,16,18,20,36H,6-7,12-15,17H2,1H3. The lowest BCUT2D eigenvalue weighted by atomic mass is 9.91. The van der Waals surface area contributed by atoms with E-state index in [-0.39, 0.29) is 28.8 Å². The number of likely N-dealkylation sites (tertiary alicyclic amines) is 1. The van der Waals surface area contributed by atoms with E-state index in [0.29, 0.717) is 48.2 Å². The van der Waals surface area contributed by atoms with Crippen molar-refractivity contribution in [2.45, 2.75) is 42.7 Å². The van der Waals surface area contributed by atoms with E-state index in [0.717, 1.165) is 18.4 Å². The quantitative estimate of drug-likeness (QED) is 0.393. The second-order valence-electron chi connectivity index (χ2n) is 10.6. The molecule has 2 fully saturated rings. The van der Waals surface area contributed by atoms with Crippen LogP contribution in [0.2, 0.25) is 0 Å². The number of amides is 1. The topological polar surface area (TPSA) is 127 Å². The molecule has 202 valence electrons. The fourth-order valence-electron chi connectivity index (χ4n) is 5.27. The van der Waals surface area contributed by atoms with Crippen LogP contribution in [0.1, 0.15) is 25.7 Å². The van der Waals surface area contributed by atoms with Gasteiger partial charge in [-0.15, -0.1) is 0 Å². The van der Waals surface area contributed by atoms with Crippen molar-refractivity contribution in [1.82, 2.24) is 24.2 Å². The predicted molar refractivity (Wildman–Crippen MR) is 145 cm³/mol. The van der Waals surface area contributed by atoms with Gasteiger partial charge in [0.1, 0.15) is 11.7 Å². The molecule has 0 radical (unpaired) electrons. The van der Waals surface area contributed by atoms with Gasteiger partial charge < -0.3 is 10.0 Å². The van der Waals surface area contributed by atoms with Gasteiger partial charge in [0.05, 0.1) is 28.9 Å². The van der Waals surface area contributed by atoms with Crippen molar-refractivity contribution in [3.63, 3.8) is 0 Å². The number of nitrogens with zero attached hydrogens (tertiary/aromatic N) is 5. The van der Waals surface area contributed by atoms with Crippen molar-refractivity contribution in [2.75, 3.05) is 19.3 Å². The van der Waals surface area contributed by atoms with E-state index in [4.69, 9.17) is 0 Å². The molecule has 2 aliphatic rings. The fourth-order valence-corrected chi connectivity index (χ4v) is 6.18. The maximum absolute atomic E-state index is 13.3.